The lowest BCUT2D eigenvalue weighted by Crippen LogP contribution is -2.00. The van der Waals surface area contributed by atoms with E-state index in [0.717, 1.165) is 16.5 Å². The van der Waals surface area contributed by atoms with E-state index in [0.29, 0.717) is 20.9 Å². The van der Waals surface area contributed by atoms with Gasteiger partial charge in [-0.2, -0.15) is 0 Å². The Bertz CT molecular complexity index is 878. The average molecular weight is 423 g/mol. The fourth-order valence-electron chi connectivity index (χ4n) is 2.44. The van der Waals surface area contributed by atoms with Gasteiger partial charge in [0.25, 0.3) is 0 Å². The van der Waals surface area contributed by atoms with Crippen molar-refractivity contribution in [2.75, 3.05) is 12.4 Å². The van der Waals surface area contributed by atoms with E-state index in [2.05, 4.69) is 15.3 Å². The van der Waals surface area contributed by atoms with Crippen molar-refractivity contribution < 1.29 is 9.13 Å². The van der Waals surface area contributed by atoms with E-state index in [1.807, 2.05) is 54.6 Å². The smallest absolute Gasteiger partial charge is 0.193 e. The normalized spacial score (nSPS) is 10.8. The van der Waals surface area contributed by atoms with Crippen LogP contribution in [0.4, 0.5) is 10.2 Å². The van der Waals surface area contributed by atoms with Gasteiger partial charge in [0.2, 0.25) is 0 Å². The van der Waals surface area contributed by atoms with Gasteiger partial charge < -0.3 is 10.1 Å². The highest BCUT2D eigenvalue weighted by atomic mass is 127. The SMILES string of the molecule is CNc1nc(I)nc2cc(F)c(Oc3c(C)cccc3C)cc12. The monoisotopic (exact) mass is 423 g/mol. The largest absolute Gasteiger partial charge is 0.454 e. The maximum atomic E-state index is 14.4. The average Bonchev–Trinajstić information content (AvgIpc) is 2.50. The first kappa shape index (κ1) is 15.9. The number of nitrogens with zero attached hydrogens (tertiary/aromatic N) is 2. The highest BCUT2D eigenvalue weighted by Crippen LogP contribution is 2.34. The Labute approximate surface area is 147 Å². The molecule has 3 rings (SSSR count). The number of anilines is 1. The molecule has 4 nitrogen and oxygen atoms in total. The second-order valence-electron chi connectivity index (χ2n) is 5.21. The molecule has 3 aromatic rings. The third-order valence-electron chi connectivity index (χ3n) is 3.58. The van der Waals surface area contributed by atoms with Gasteiger partial charge in [0, 0.05) is 41.1 Å². The van der Waals surface area contributed by atoms with E-state index in [9.17, 15) is 4.39 Å². The molecule has 0 atom stereocenters. The van der Waals surface area contributed by atoms with Crippen LogP contribution in [0.25, 0.3) is 10.9 Å². The molecular formula is C17H15FIN3O. The fraction of sp³-hybridized carbons (Fsp3) is 0.176. The molecule has 1 heterocycles. The molecule has 0 aliphatic rings. The van der Waals surface area contributed by atoms with Crippen LogP contribution in [0.5, 0.6) is 11.5 Å². The van der Waals surface area contributed by atoms with E-state index in [-0.39, 0.29) is 5.75 Å². The van der Waals surface area contributed by atoms with Crippen LogP contribution in [-0.4, -0.2) is 17.0 Å². The van der Waals surface area contributed by atoms with E-state index in [1.165, 1.54) is 6.07 Å². The molecule has 0 unspecified atom stereocenters. The van der Waals surface area contributed by atoms with Crippen LogP contribution in [0.1, 0.15) is 11.1 Å². The molecule has 23 heavy (non-hydrogen) atoms. The standard InChI is InChI=1S/C17H15FIN3O/c1-9-5-4-6-10(2)15(9)23-14-7-11-13(8-12(14)18)21-17(19)22-16(11)20-3/h4-8H,1-3H3,(H,20,21,22). The molecule has 118 valence electrons. The minimum atomic E-state index is -0.447. The number of aryl methyl sites for hydroxylation is 2. The highest BCUT2D eigenvalue weighted by molar-refractivity contribution is 14.1. The third-order valence-corrected chi connectivity index (χ3v) is 4.06. The Morgan fingerprint density at radius 2 is 1.83 bits per heavy atom. The quantitative estimate of drug-likeness (QED) is 0.485. The lowest BCUT2D eigenvalue weighted by Gasteiger charge is -2.13. The number of fused-ring (bicyclic) bond motifs is 1. The molecule has 0 radical (unpaired) electrons. The Morgan fingerprint density at radius 3 is 2.48 bits per heavy atom. The van der Waals surface area contributed by atoms with E-state index in [4.69, 9.17) is 4.74 Å². The maximum absolute atomic E-state index is 14.4. The fourth-order valence-corrected chi connectivity index (χ4v) is 2.94. The summed E-state index contributed by atoms with van der Waals surface area (Å²) < 4.78 is 20.8. The van der Waals surface area contributed by atoms with Gasteiger partial charge >= 0.3 is 0 Å². The molecule has 0 saturated carbocycles. The lowest BCUT2D eigenvalue weighted by atomic mass is 10.1. The molecule has 1 N–H and O–H groups in total. The van der Waals surface area contributed by atoms with E-state index in [1.54, 1.807) is 13.1 Å². The minimum absolute atomic E-state index is 0.163. The second-order valence-corrected chi connectivity index (χ2v) is 6.18. The van der Waals surface area contributed by atoms with Gasteiger partial charge in [-0.1, -0.05) is 18.2 Å². The van der Waals surface area contributed by atoms with Gasteiger partial charge in [0.15, 0.2) is 15.4 Å². The summed E-state index contributed by atoms with van der Waals surface area (Å²) >= 11 is 2.01. The van der Waals surface area contributed by atoms with Crippen molar-refractivity contribution in [2.24, 2.45) is 0 Å². The third kappa shape index (κ3) is 3.08. The van der Waals surface area contributed by atoms with Crippen molar-refractivity contribution in [2.45, 2.75) is 13.8 Å². The molecule has 0 fully saturated rings. The maximum Gasteiger partial charge on any atom is 0.193 e. The molecule has 1 aromatic heterocycles. The van der Waals surface area contributed by atoms with Gasteiger partial charge in [-0.25, -0.2) is 14.4 Å². The minimum Gasteiger partial charge on any atom is -0.454 e. The molecule has 0 amide bonds. The Hall–Kier alpha value is -1.96. The summed E-state index contributed by atoms with van der Waals surface area (Å²) in [6, 6.07) is 8.84. The number of para-hydroxylation sites is 1. The van der Waals surface area contributed by atoms with E-state index < -0.39 is 5.82 Å². The van der Waals surface area contributed by atoms with Crippen molar-refractivity contribution in [1.82, 2.24) is 9.97 Å². The first-order chi connectivity index (χ1) is 11.0. The van der Waals surface area contributed by atoms with Crippen LogP contribution in [0, 0.1) is 23.5 Å². The summed E-state index contributed by atoms with van der Waals surface area (Å²) in [7, 11) is 1.77. The van der Waals surface area contributed by atoms with Crippen molar-refractivity contribution in [3.05, 3.63) is 51.1 Å². The number of nitrogens with one attached hydrogen (secondary N) is 1. The van der Waals surface area contributed by atoms with Crippen LogP contribution < -0.4 is 10.1 Å². The van der Waals surface area contributed by atoms with Crippen molar-refractivity contribution in [3.63, 3.8) is 0 Å². The summed E-state index contributed by atoms with van der Waals surface area (Å²) in [5.41, 5.74) is 2.45. The predicted molar refractivity (Wildman–Crippen MR) is 97.7 cm³/mol. The first-order valence-corrected chi connectivity index (χ1v) is 8.16. The zero-order valence-electron chi connectivity index (χ0n) is 12.9. The molecule has 0 aliphatic heterocycles. The first-order valence-electron chi connectivity index (χ1n) is 7.08. The molecule has 6 heteroatoms. The van der Waals surface area contributed by atoms with Crippen LogP contribution in [-0.2, 0) is 0 Å². The number of hydrogen-bond acceptors (Lipinski definition) is 4. The summed E-state index contributed by atoms with van der Waals surface area (Å²) in [4.78, 5) is 8.59. The lowest BCUT2D eigenvalue weighted by molar-refractivity contribution is 0.438. The molecule has 0 bridgehead atoms. The van der Waals surface area contributed by atoms with Crippen molar-refractivity contribution >= 4 is 39.3 Å². The van der Waals surface area contributed by atoms with Crippen LogP contribution in [0.15, 0.2) is 30.3 Å². The molecule has 0 saturated heterocycles. The van der Waals surface area contributed by atoms with Gasteiger partial charge in [-0.3, -0.25) is 0 Å². The van der Waals surface area contributed by atoms with Crippen molar-refractivity contribution in [1.29, 1.82) is 0 Å². The Morgan fingerprint density at radius 1 is 1.13 bits per heavy atom. The zero-order chi connectivity index (χ0) is 16.6. The van der Waals surface area contributed by atoms with Gasteiger partial charge in [0.1, 0.15) is 11.6 Å². The number of aromatic nitrogens is 2. The number of halogens is 2. The number of ether oxygens (including phenoxy) is 1. The number of hydrogen-bond donors (Lipinski definition) is 1. The highest BCUT2D eigenvalue weighted by Gasteiger charge is 2.14. The summed E-state index contributed by atoms with van der Waals surface area (Å²) in [5.74, 6) is 1.03. The Kier molecular flexibility index (Phi) is 4.34. The molecule has 0 spiro atoms. The van der Waals surface area contributed by atoms with Gasteiger partial charge in [-0.15, -0.1) is 0 Å². The molecule has 2 aromatic carbocycles. The van der Waals surface area contributed by atoms with Crippen LogP contribution in [0.2, 0.25) is 0 Å². The summed E-state index contributed by atoms with van der Waals surface area (Å²) in [6.07, 6.45) is 0. The zero-order valence-corrected chi connectivity index (χ0v) is 15.1. The van der Waals surface area contributed by atoms with Gasteiger partial charge in [-0.05, 0) is 31.0 Å². The predicted octanol–water partition coefficient (Wildman–Crippen LogP) is 4.82. The van der Waals surface area contributed by atoms with E-state index >= 15 is 0 Å². The second kappa shape index (κ2) is 6.27. The van der Waals surface area contributed by atoms with Gasteiger partial charge in [0.05, 0.1) is 5.52 Å². The molecular weight excluding hydrogens is 408 g/mol. The number of benzene rings is 2. The summed E-state index contributed by atoms with van der Waals surface area (Å²) in [5, 5.41) is 3.73. The Balaban J connectivity index is 2.15. The molecule has 0 aliphatic carbocycles. The van der Waals surface area contributed by atoms with Crippen LogP contribution >= 0.6 is 22.6 Å². The van der Waals surface area contributed by atoms with Crippen molar-refractivity contribution in [3.8, 4) is 11.5 Å². The van der Waals surface area contributed by atoms with Crippen LogP contribution in [0.3, 0.4) is 0 Å². The number of rotatable bonds is 3. The summed E-state index contributed by atoms with van der Waals surface area (Å²) in [6.45, 7) is 3.87. The topological polar surface area (TPSA) is 47.0 Å².